The molecule has 1 atom stereocenters. The van der Waals surface area contributed by atoms with Gasteiger partial charge in [-0.05, 0) is 96.9 Å². The van der Waals surface area contributed by atoms with Gasteiger partial charge in [-0.1, -0.05) is 12.2 Å². The number of Topliss-reactive ketones (excluding diaryl/α,β-unsaturated/α-hetero) is 1. The van der Waals surface area contributed by atoms with Crippen LogP contribution < -0.4 is 0 Å². The Hall–Kier alpha value is -2.73. The maximum absolute atomic E-state index is 14.6. The van der Waals surface area contributed by atoms with Gasteiger partial charge in [-0.3, -0.25) is 4.79 Å². The van der Waals surface area contributed by atoms with E-state index in [0.29, 0.717) is 16.7 Å². The minimum atomic E-state index is -0.289. The molecule has 1 N–H and O–H groups in total. The van der Waals surface area contributed by atoms with Gasteiger partial charge >= 0.3 is 0 Å². The first-order chi connectivity index (χ1) is 15.2. The lowest BCUT2D eigenvalue weighted by molar-refractivity contribution is 0.101. The minimum absolute atomic E-state index is 0.0115. The zero-order chi connectivity index (χ0) is 23.2. The van der Waals surface area contributed by atoms with Crippen LogP contribution in [0.3, 0.4) is 0 Å². The van der Waals surface area contributed by atoms with Crippen LogP contribution in [0.2, 0.25) is 0 Å². The fraction of sp³-hybridized carbons (Fsp3) is 0.308. The number of pyridine rings is 1. The van der Waals surface area contributed by atoms with E-state index < -0.39 is 0 Å². The lowest BCUT2D eigenvalue weighted by atomic mass is 9.80. The number of hydrogen-bond acceptors (Lipinski definition) is 3. The molecule has 0 spiro atoms. The highest BCUT2D eigenvalue weighted by Gasteiger charge is 2.30. The van der Waals surface area contributed by atoms with Gasteiger partial charge in [-0.2, -0.15) is 0 Å². The molecule has 0 radical (unpaired) electrons. The van der Waals surface area contributed by atoms with E-state index in [-0.39, 0.29) is 17.6 Å². The molecule has 2 heterocycles. The molecule has 0 amide bonds. The van der Waals surface area contributed by atoms with Gasteiger partial charge in [0.1, 0.15) is 11.5 Å². The molecule has 0 bridgehead atoms. The molecule has 1 unspecified atom stereocenters. The Morgan fingerprint density at radius 1 is 1.28 bits per heavy atom. The summed E-state index contributed by atoms with van der Waals surface area (Å²) in [4.78, 5) is 22.4. The van der Waals surface area contributed by atoms with Gasteiger partial charge in [0.05, 0.1) is 17.4 Å². The number of aromatic amines is 1. The van der Waals surface area contributed by atoms with Gasteiger partial charge < -0.3 is 9.88 Å². The van der Waals surface area contributed by atoms with Crippen LogP contribution in [0.15, 0.2) is 47.1 Å². The van der Waals surface area contributed by atoms with Crippen molar-refractivity contribution in [2.24, 2.45) is 0 Å². The first kappa shape index (κ1) is 22.5. The fourth-order valence-electron chi connectivity index (χ4n) is 4.64. The second-order valence-electron chi connectivity index (χ2n) is 8.64. The number of ketones is 1. The van der Waals surface area contributed by atoms with E-state index in [1.165, 1.54) is 11.6 Å². The van der Waals surface area contributed by atoms with Crippen LogP contribution in [0.4, 0.5) is 4.39 Å². The highest BCUT2D eigenvalue weighted by atomic mass is 79.9. The van der Waals surface area contributed by atoms with Gasteiger partial charge in [0.2, 0.25) is 0 Å². The number of benzene rings is 1. The number of hydrogen-bond donors (Lipinski definition) is 1. The van der Waals surface area contributed by atoms with Crippen molar-refractivity contribution in [3.05, 3.63) is 75.3 Å². The number of carbonyl (C=O) groups is 1. The maximum atomic E-state index is 14.6. The fourth-order valence-corrected chi connectivity index (χ4v) is 4.99. The summed E-state index contributed by atoms with van der Waals surface area (Å²) in [6.45, 7) is 9.68. The molecule has 0 saturated heterocycles. The minimum Gasteiger partial charge on any atom is -0.366 e. The van der Waals surface area contributed by atoms with Crippen molar-refractivity contribution >= 4 is 44.0 Å². The first-order valence-electron chi connectivity index (χ1n) is 10.7. The summed E-state index contributed by atoms with van der Waals surface area (Å²) in [6, 6.07) is 7.25. The molecule has 1 aromatic carbocycles. The van der Waals surface area contributed by atoms with Crippen molar-refractivity contribution in [3.63, 3.8) is 0 Å². The molecule has 6 heteroatoms. The van der Waals surface area contributed by atoms with Gasteiger partial charge in [0.15, 0.2) is 5.78 Å². The molecule has 0 fully saturated rings. The van der Waals surface area contributed by atoms with E-state index in [2.05, 4.69) is 44.3 Å². The normalized spacial score (nSPS) is 16.5. The Bertz CT molecular complexity index is 1270. The molecule has 1 aliphatic rings. The molecule has 2 aromatic heterocycles. The number of allylic oxidation sites excluding steroid dienone is 1. The number of nitrogens with zero attached hydrogens (tertiary/aromatic N) is 2. The summed E-state index contributed by atoms with van der Waals surface area (Å²) in [6.07, 6.45) is 4.63. The Morgan fingerprint density at radius 2 is 2.03 bits per heavy atom. The van der Waals surface area contributed by atoms with E-state index in [9.17, 15) is 9.18 Å². The quantitative estimate of drug-likeness (QED) is 0.391. The molecule has 32 heavy (non-hydrogen) atoms. The van der Waals surface area contributed by atoms with Crippen LogP contribution in [0.25, 0.3) is 22.3 Å². The van der Waals surface area contributed by atoms with Gasteiger partial charge in [-0.25, -0.2) is 9.37 Å². The van der Waals surface area contributed by atoms with Crippen LogP contribution in [0, 0.1) is 12.7 Å². The number of aryl methyl sites for hydroxylation is 1. The molecular weight excluding hydrogens is 469 g/mol. The van der Waals surface area contributed by atoms with E-state index in [1.54, 1.807) is 26.1 Å². The summed E-state index contributed by atoms with van der Waals surface area (Å²) >= 11 is 3.47. The molecule has 4 nitrogen and oxygen atoms in total. The highest BCUT2D eigenvalue weighted by molar-refractivity contribution is 9.10. The van der Waals surface area contributed by atoms with Gasteiger partial charge in [0, 0.05) is 28.7 Å². The monoisotopic (exact) mass is 495 g/mol. The number of fused-ring (bicyclic) bond motifs is 1. The van der Waals surface area contributed by atoms with Gasteiger partial charge in [-0.15, -0.1) is 0 Å². The van der Waals surface area contributed by atoms with E-state index >= 15 is 0 Å². The summed E-state index contributed by atoms with van der Waals surface area (Å²) in [7, 11) is 2.01. The summed E-state index contributed by atoms with van der Waals surface area (Å²) in [5.41, 5.74) is 6.49. The zero-order valence-electron chi connectivity index (χ0n) is 18.9. The van der Waals surface area contributed by atoms with Crippen molar-refractivity contribution in [2.75, 3.05) is 7.05 Å². The number of likely N-dealkylation sites (N-methyl/N-ethyl adjacent to an activating group) is 1. The number of halogens is 2. The van der Waals surface area contributed by atoms with E-state index in [4.69, 9.17) is 0 Å². The first-order valence-corrected chi connectivity index (χ1v) is 11.5. The maximum Gasteiger partial charge on any atom is 0.160 e. The topological polar surface area (TPSA) is 49.0 Å². The molecule has 3 aromatic rings. The highest BCUT2D eigenvalue weighted by Crippen LogP contribution is 2.39. The van der Waals surface area contributed by atoms with Crippen molar-refractivity contribution < 1.29 is 9.18 Å². The molecule has 4 rings (SSSR count). The lowest BCUT2D eigenvalue weighted by Crippen LogP contribution is -2.34. The largest absolute Gasteiger partial charge is 0.366 e. The molecule has 0 aliphatic heterocycles. The third kappa shape index (κ3) is 4.04. The Morgan fingerprint density at radius 3 is 2.75 bits per heavy atom. The number of nitrogens with one attached hydrogen (secondary N) is 1. The van der Waals surface area contributed by atoms with Crippen LogP contribution >= 0.6 is 15.9 Å². The van der Waals surface area contributed by atoms with E-state index in [1.807, 2.05) is 19.2 Å². The van der Waals surface area contributed by atoms with Crippen LogP contribution in [-0.2, 0) is 0 Å². The second-order valence-corrected chi connectivity index (χ2v) is 9.55. The Kier molecular flexibility index (Phi) is 6.08. The van der Waals surface area contributed by atoms with Crippen molar-refractivity contribution in [3.8, 4) is 0 Å². The predicted molar refractivity (Wildman–Crippen MR) is 132 cm³/mol. The number of H-pyrrole nitrogens is 1. The third-order valence-corrected chi connectivity index (χ3v) is 6.87. The molecular formula is C26H27BrFN3O. The predicted octanol–water partition coefficient (Wildman–Crippen LogP) is 6.90. The van der Waals surface area contributed by atoms with E-state index in [0.717, 1.165) is 51.7 Å². The number of aromatic nitrogens is 2. The van der Waals surface area contributed by atoms with Crippen molar-refractivity contribution in [1.29, 1.82) is 0 Å². The van der Waals surface area contributed by atoms with Crippen LogP contribution in [0.1, 0.15) is 60.3 Å². The van der Waals surface area contributed by atoms with Crippen molar-refractivity contribution in [1.82, 2.24) is 14.9 Å². The summed E-state index contributed by atoms with van der Waals surface area (Å²) in [5, 5.41) is 0.999. The molecule has 0 saturated carbocycles. The second kappa shape index (κ2) is 8.66. The summed E-state index contributed by atoms with van der Waals surface area (Å²) < 4.78 is 15.5. The number of carbonyl (C=O) groups excluding carboxylic acids is 1. The summed E-state index contributed by atoms with van der Waals surface area (Å²) in [5.74, 6) is -0.343. The van der Waals surface area contributed by atoms with Crippen molar-refractivity contribution in [2.45, 2.75) is 46.1 Å². The Labute approximate surface area is 196 Å². The van der Waals surface area contributed by atoms with Gasteiger partial charge in [0.25, 0.3) is 0 Å². The van der Waals surface area contributed by atoms with Crippen LogP contribution in [0.5, 0.6) is 0 Å². The average Bonchev–Trinajstić information content (AvgIpc) is 3.17. The smallest absolute Gasteiger partial charge is 0.160 e. The molecule has 166 valence electrons. The Balaban J connectivity index is 1.76. The zero-order valence-corrected chi connectivity index (χ0v) is 20.4. The standard InChI is InChI=1S/C26H27BrFN3O/c1-14-7-6-8-24(25(14)21-12-22(28)15(2)9-20(21)17(4)32)31(5)16(3)23-11-18-10-19(27)13-29-26(18)30-23/h9-13,24H,3,6-8H2,1-2,4-5H3,(H,29,30). The average molecular weight is 496 g/mol. The SMILES string of the molecule is C=C(c1cc2cc(Br)cnc2[nH]1)N(C)C1CCCC(C)=C1c1cc(F)c(C)cc1C(C)=O. The molecule has 1 aliphatic carbocycles. The number of rotatable bonds is 5. The third-order valence-electron chi connectivity index (χ3n) is 6.43. The lowest BCUT2D eigenvalue weighted by Gasteiger charge is -2.37. The van der Waals surface area contributed by atoms with Crippen LogP contribution in [-0.4, -0.2) is 33.7 Å².